The van der Waals surface area contributed by atoms with Gasteiger partial charge in [-0.3, -0.25) is 4.68 Å². The minimum absolute atomic E-state index is 0.469. The van der Waals surface area contributed by atoms with Crippen molar-refractivity contribution in [1.82, 2.24) is 15.1 Å². The van der Waals surface area contributed by atoms with Crippen molar-refractivity contribution >= 4 is 0 Å². The first kappa shape index (κ1) is 8.69. The summed E-state index contributed by atoms with van der Waals surface area (Å²) in [6.07, 6.45) is 0.470. The second-order valence-electron chi connectivity index (χ2n) is 3.83. The number of aromatic nitrogens is 2. The molecule has 3 nitrogen and oxygen atoms in total. The van der Waals surface area contributed by atoms with Crippen LogP contribution in [0.15, 0.2) is 6.07 Å². The van der Waals surface area contributed by atoms with E-state index in [9.17, 15) is 4.39 Å². The molecule has 0 radical (unpaired) electrons. The molecule has 1 aromatic rings. The molecule has 72 valence electrons. The molecule has 1 aliphatic rings. The second kappa shape index (κ2) is 2.80. The topological polar surface area (TPSA) is 29.9 Å². The van der Waals surface area contributed by atoms with Crippen LogP contribution in [-0.4, -0.2) is 28.5 Å². The van der Waals surface area contributed by atoms with E-state index in [0.29, 0.717) is 19.5 Å². The lowest BCUT2D eigenvalue weighted by molar-refractivity contribution is 0.0889. The third-order valence-electron chi connectivity index (χ3n) is 2.48. The zero-order chi connectivity index (χ0) is 9.47. The Labute approximate surface area is 76.9 Å². The molecule has 1 saturated heterocycles. The van der Waals surface area contributed by atoms with E-state index < -0.39 is 5.67 Å². The molecule has 1 aliphatic heterocycles. The first-order valence-electron chi connectivity index (χ1n) is 4.48. The van der Waals surface area contributed by atoms with Crippen LogP contribution in [0.1, 0.15) is 11.4 Å². The van der Waals surface area contributed by atoms with Gasteiger partial charge in [-0.1, -0.05) is 0 Å². The van der Waals surface area contributed by atoms with Crippen molar-refractivity contribution in [3.05, 3.63) is 17.5 Å². The predicted octanol–water partition coefficient (Wildman–Crippen LogP) is 0.583. The molecule has 0 bridgehead atoms. The summed E-state index contributed by atoms with van der Waals surface area (Å²) in [6.45, 7) is 2.86. The van der Waals surface area contributed by atoms with Crippen LogP contribution in [0.25, 0.3) is 0 Å². The van der Waals surface area contributed by atoms with Crippen LogP contribution in [0.3, 0.4) is 0 Å². The average molecular weight is 183 g/mol. The summed E-state index contributed by atoms with van der Waals surface area (Å²) in [6, 6.07) is 1.94. The molecule has 2 rings (SSSR count). The second-order valence-corrected chi connectivity index (χ2v) is 3.83. The molecule has 2 heterocycles. The van der Waals surface area contributed by atoms with Crippen molar-refractivity contribution in [1.29, 1.82) is 0 Å². The monoisotopic (exact) mass is 183 g/mol. The van der Waals surface area contributed by atoms with Gasteiger partial charge in [-0.15, -0.1) is 0 Å². The van der Waals surface area contributed by atoms with E-state index >= 15 is 0 Å². The van der Waals surface area contributed by atoms with Gasteiger partial charge in [-0.2, -0.15) is 5.10 Å². The Morgan fingerprint density at radius 2 is 2.38 bits per heavy atom. The third kappa shape index (κ3) is 1.58. The smallest absolute Gasteiger partial charge is 0.141 e. The van der Waals surface area contributed by atoms with Gasteiger partial charge in [0.2, 0.25) is 0 Å². The van der Waals surface area contributed by atoms with E-state index in [1.54, 1.807) is 4.68 Å². The van der Waals surface area contributed by atoms with Gasteiger partial charge < -0.3 is 5.32 Å². The molecule has 13 heavy (non-hydrogen) atoms. The summed E-state index contributed by atoms with van der Waals surface area (Å²) in [7, 11) is 1.86. The molecule has 0 amide bonds. The number of alkyl halides is 1. The zero-order valence-electron chi connectivity index (χ0n) is 7.97. The number of halogens is 1. The lowest BCUT2D eigenvalue weighted by atomic mass is 9.93. The van der Waals surface area contributed by atoms with Crippen LogP contribution >= 0.6 is 0 Å². The summed E-state index contributed by atoms with van der Waals surface area (Å²) in [5.41, 5.74) is 0.884. The van der Waals surface area contributed by atoms with Crippen molar-refractivity contribution in [2.75, 3.05) is 13.1 Å². The van der Waals surface area contributed by atoms with Crippen molar-refractivity contribution in [2.45, 2.75) is 19.0 Å². The number of nitrogens with zero attached hydrogens (tertiary/aromatic N) is 2. The van der Waals surface area contributed by atoms with Crippen LogP contribution in [0, 0.1) is 6.92 Å². The van der Waals surface area contributed by atoms with Crippen LogP contribution in [0.4, 0.5) is 4.39 Å². The van der Waals surface area contributed by atoms with Crippen LogP contribution in [0.5, 0.6) is 0 Å². The van der Waals surface area contributed by atoms with E-state index in [1.165, 1.54) is 0 Å². The largest absolute Gasteiger partial charge is 0.310 e. The van der Waals surface area contributed by atoms with Gasteiger partial charge in [0.25, 0.3) is 0 Å². The molecule has 1 fully saturated rings. The lowest BCUT2D eigenvalue weighted by Crippen LogP contribution is -2.57. The van der Waals surface area contributed by atoms with Gasteiger partial charge >= 0.3 is 0 Å². The fourth-order valence-corrected chi connectivity index (χ4v) is 1.68. The van der Waals surface area contributed by atoms with E-state index in [2.05, 4.69) is 10.4 Å². The number of aryl methyl sites for hydroxylation is 2. The standard InChI is InChI=1S/C9H14FN3/c1-7-3-8(13(2)12-7)4-9(10)5-11-6-9/h3,11H,4-6H2,1-2H3. The van der Waals surface area contributed by atoms with Gasteiger partial charge in [-0.25, -0.2) is 4.39 Å². The molecule has 1 N–H and O–H groups in total. The molecule has 0 unspecified atom stereocenters. The molecule has 0 aliphatic carbocycles. The Morgan fingerprint density at radius 3 is 2.77 bits per heavy atom. The number of hydrogen-bond donors (Lipinski definition) is 1. The fraction of sp³-hybridized carbons (Fsp3) is 0.667. The third-order valence-corrected chi connectivity index (χ3v) is 2.48. The summed E-state index contributed by atoms with van der Waals surface area (Å²) in [5, 5.41) is 7.13. The van der Waals surface area contributed by atoms with Crippen molar-refractivity contribution in [3.8, 4) is 0 Å². The quantitative estimate of drug-likeness (QED) is 0.727. The number of hydrogen-bond acceptors (Lipinski definition) is 2. The van der Waals surface area contributed by atoms with E-state index in [-0.39, 0.29) is 0 Å². The Bertz CT molecular complexity index is 315. The van der Waals surface area contributed by atoms with Crippen LogP contribution in [0.2, 0.25) is 0 Å². The van der Waals surface area contributed by atoms with Crippen LogP contribution < -0.4 is 5.32 Å². The van der Waals surface area contributed by atoms with E-state index in [0.717, 1.165) is 11.4 Å². The maximum absolute atomic E-state index is 13.7. The maximum Gasteiger partial charge on any atom is 0.141 e. The predicted molar refractivity (Wildman–Crippen MR) is 48.4 cm³/mol. The van der Waals surface area contributed by atoms with Crippen molar-refractivity contribution in [3.63, 3.8) is 0 Å². The highest BCUT2D eigenvalue weighted by Crippen LogP contribution is 2.22. The molecule has 0 aromatic carbocycles. The Hall–Kier alpha value is -0.900. The fourth-order valence-electron chi connectivity index (χ4n) is 1.68. The average Bonchev–Trinajstić information content (AvgIpc) is 2.27. The molecule has 0 spiro atoms. The number of nitrogens with one attached hydrogen (secondary N) is 1. The summed E-state index contributed by atoms with van der Waals surface area (Å²) >= 11 is 0. The normalized spacial score (nSPS) is 19.9. The summed E-state index contributed by atoms with van der Waals surface area (Å²) in [4.78, 5) is 0. The Balaban J connectivity index is 2.12. The van der Waals surface area contributed by atoms with Gasteiger partial charge in [0, 0.05) is 32.3 Å². The molecular weight excluding hydrogens is 169 g/mol. The Kier molecular flexibility index (Phi) is 1.87. The minimum Gasteiger partial charge on any atom is -0.310 e. The number of rotatable bonds is 2. The first-order valence-corrected chi connectivity index (χ1v) is 4.48. The highest BCUT2D eigenvalue weighted by Gasteiger charge is 2.37. The lowest BCUT2D eigenvalue weighted by Gasteiger charge is -2.34. The minimum atomic E-state index is -1.04. The van der Waals surface area contributed by atoms with Gasteiger partial charge in [0.15, 0.2) is 0 Å². The van der Waals surface area contributed by atoms with E-state index in [4.69, 9.17) is 0 Å². The molecule has 1 aromatic heterocycles. The highest BCUT2D eigenvalue weighted by molar-refractivity contribution is 5.13. The molecule has 4 heteroatoms. The molecular formula is C9H14FN3. The summed E-state index contributed by atoms with van der Waals surface area (Å²) in [5.74, 6) is 0. The first-order chi connectivity index (χ1) is 6.09. The van der Waals surface area contributed by atoms with E-state index in [1.807, 2.05) is 20.0 Å². The summed E-state index contributed by atoms with van der Waals surface area (Å²) < 4.78 is 15.4. The van der Waals surface area contributed by atoms with Crippen molar-refractivity contribution < 1.29 is 4.39 Å². The molecule has 0 saturated carbocycles. The SMILES string of the molecule is Cc1cc(CC2(F)CNC2)n(C)n1. The highest BCUT2D eigenvalue weighted by atomic mass is 19.1. The maximum atomic E-state index is 13.7. The van der Waals surface area contributed by atoms with Crippen LogP contribution in [-0.2, 0) is 13.5 Å². The van der Waals surface area contributed by atoms with Crippen molar-refractivity contribution in [2.24, 2.45) is 7.05 Å². The molecule has 0 atom stereocenters. The van der Waals surface area contributed by atoms with Gasteiger partial charge in [0.05, 0.1) is 5.69 Å². The Morgan fingerprint density at radius 1 is 1.69 bits per heavy atom. The van der Waals surface area contributed by atoms with Gasteiger partial charge in [-0.05, 0) is 13.0 Å². The van der Waals surface area contributed by atoms with Gasteiger partial charge in [0.1, 0.15) is 5.67 Å². The zero-order valence-corrected chi connectivity index (χ0v) is 7.97.